The van der Waals surface area contributed by atoms with Gasteiger partial charge in [-0.15, -0.1) is 0 Å². The Kier molecular flexibility index (Phi) is 5.18. The first-order chi connectivity index (χ1) is 13.7. The number of amides is 1. The first-order valence-electron chi connectivity index (χ1n) is 9.38. The molecule has 2 aromatic heterocycles. The molecular formula is C20H23N7O. The second-order valence-corrected chi connectivity index (χ2v) is 6.98. The third-order valence-corrected chi connectivity index (χ3v) is 4.61. The zero-order valence-corrected chi connectivity index (χ0v) is 15.5. The number of nitrogens with two attached hydrogens (primary N) is 1. The predicted molar refractivity (Wildman–Crippen MR) is 107 cm³/mol. The summed E-state index contributed by atoms with van der Waals surface area (Å²) in [5, 5.41) is 6.50. The molecule has 0 spiro atoms. The van der Waals surface area contributed by atoms with Gasteiger partial charge in [-0.25, -0.2) is 9.97 Å². The van der Waals surface area contributed by atoms with Gasteiger partial charge >= 0.3 is 0 Å². The molecule has 4 N–H and O–H groups in total. The van der Waals surface area contributed by atoms with Gasteiger partial charge in [0.15, 0.2) is 0 Å². The van der Waals surface area contributed by atoms with Gasteiger partial charge in [-0.3, -0.25) is 4.79 Å². The van der Waals surface area contributed by atoms with Crippen LogP contribution in [-0.4, -0.2) is 32.0 Å². The van der Waals surface area contributed by atoms with Crippen LogP contribution in [0.5, 0.6) is 0 Å². The van der Waals surface area contributed by atoms with E-state index in [-0.39, 0.29) is 12.3 Å². The fourth-order valence-corrected chi connectivity index (χ4v) is 3.06. The van der Waals surface area contributed by atoms with Crippen molar-refractivity contribution in [2.24, 2.45) is 5.73 Å². The Balaban J connectivity index is 1.48. The van der Waals surface area contributed by atoms with Crippen molar-refractivity contribution in [3.05, 3.63) is 60.3 Å². The maximum absolute atomic E-state index is 11.0. The van der Waals surface area contributed by atoms with Crippen molar-refractivity contribution in [2.45, 2.75) is 31.7 Å². The van der Waals surface area contributed by atoms with Crippen molar-refractivity contribution in [3.63, 3.8) is 0 Å². The normalized spacial score (nSPS) is 13.3. The van der Waals surface area contributed by atoms with E-state index in [0.717, 1.165) is 42.0 Å². The zero-order chi connectivity index (χ0) is 19.3. The first kappa shape index (κ1) is 18.0. The molecule has 1 saturated carbocycles. The van der Waals surface area contributed by atoms with Crippen LogP contribution in [0.1, 0.15) is 36.3 Å². The SMILES string of the molecule is NC(=O)CCNc1nc(Nc2cccc(Cn3ccnc3)c2)ncc1C1CC1. The summed E-state index contributed by atoms with van der Waals surface area (Å²) in [4.78, 5) is 24.2. The Morgan fingerprint density at radius 2 is 2.21 bits per heavy atom. The molecule has 0 radical (unpaired) electrons. The van der Waals surface area contributed by atoms with E-state index in [2.05, 4.69) is 37.7 Å². The van der Waals surface area contributed by atoms with Gasteiger partial charge in [0.2, 0.25) is 11.9 Å². The van der Waals surface area contributed by atoms with Gasteiger partial charge in [-0.2, -0.15) is 4.98 Å². The highest BCUT2D eigenvalue weighted by atomic mass is 16.1. The minimum atomic E-state index is -0.331. The number of nitrogens with one attached hydrogen (secondary N) is 2. The van der Waals surface area contributed by atoms with Crippen molar-refractivity contribution in [3.8, 4) is 0 Å². The first-order valence-corrected chi connectivity index (χ1v) is 9.38. The molecule has 0 atom stereocenters. The van der Waals surface area contributed by atoms with E-state index in [9.17, 15) is 4.79 Å². The number of carbonyl (C=O) groups excluding carboxylic acids is 1. The van der Waals surface area contributed by atoms with Crippen LogP contribution in [0.4, 0.5) is 17.5 Å². The average molecular weight is 377 g/mol. The van der Waals surface area contributed by atoms with Crippen LogP contribution < -0.4 is 16.4 Å². The minimum Gasteiger partial charge on any atom is -0.370 e. The largest absolute Gasteiger partial charge is 0.370 e. The summed E-state index contributed by atoms with van der Waals surface area (Å²) in [5.41, 5.74) is 8.40. The number of rotatable bonds is 9. The quantitative estimate of drug-likeness (QED) is 0.529. The molecule has 0 aliphatic heterocycles. The molecule has 3 aromatic rings. The number of benzene rings is 1. The molecule has 2 heterocycles. The van der Waals surface area contributed by atoms with E-state index in [1.54, 1.807) is 12.5 Å². The Labute approximate surface area is 163 Å². The number of hydrogen-bond donors (Lipinski definition) is 3. The highest BCUT2D eigenvalue weighted by Crippen LogP contribution is 2.42. The third kappa shape index (κ3) is 4.64. The maximum atomic E-state index is 11.0. The van der Waals surface area contributed by atoms with E-state index in [4.69, 9.17) is 5.73 Å². The highest BCUT2D eigenvalue weighted by Gasteiger charge is 2.27. The summed E-state index contributed by atoms with van der Waals surface area (Å²) in [6, 6.07) is 8.12. The topological polar surface area (TPSA) is 111 Å². The number of primary amides is 1. The molecular weight excluding hydrogens is 354 g/mol. The van der Waals surface area contributed by atoms with Gasteiger partial charge in [0.05, 0.1) is 6.33 Å². The maximum Gasteiger partial charge on any atom is 0.229 e. The Morgan fingerprint density at radius 1 is 1.32 bits per heavy atom. The third-order valence-electron chi connectivity index (χ3n) is 4.61. The van der Waals surface area contributed by atoms with Crippen LogP contribution in [0.15, 0.2) is 49.2 Å². The molecule has 0 unspecified atom stereocenters. The van der Waals surface area contributed by atoms with Crippen molar-refractivity contribution < 1.29 is 4.79 Å². The van der Waals surface area contributed by atoms with Crippen molar-refractivity contribution in [2.75, 3.05) is 17.2 Å². The van der Waals surface area contributed by atoms with Gasteiger partial charge < -0.3 is 20.9 Å². The molecule has 8 nitrogen and oxygen atoms in total. The lowest BCUT2D eigenvalue weighted by atomic mass is 10.2. The molecule has 1 aromatic carbocycles. The molecule has 1 fully saturated rings. The fraction of sp³-hybridized carbons (Fsp3) is 0.300. The molecule has 0 bridgehead atoms. The van der Waals surface area contributed by atoms with Gasteiger partial charge in [0.1, 0.15) is 5.82 Å². The molecule has 28 heavy (non-hydrogen) atoms. The monoisotopic (exact) mass is 377 g/mol. The highest BCUT2D eigenvalue weighted by molar-refractivity contribution is 5.74. The van der Waals surface area contributed by atoms with Crippen LogP contribution in [0, 0.1) is 0 Å². The molecule has 1 aliphatic rings. The van der Waals surface area contributed by atoms with E-state index >= 15 is 0 Å². The average Bonchev–Trinajstić information content (AvgIpc) is 3.39. The standard InChI is InChI=1S/C20H23N7O/c21-18(28)6-7-23-19-17(15-4-5-15)11-24-20(26-19)25-16-3-1-2-14(10-16)12-27-9-8-22-13-27/h1-3,8-11,13,15H,4-7,12H2,(H2,21,28)(H2,23,24,25,26). The van der Waals surface area contributed by atoms with Crippen molar-refractivity contribution in [1.82, 2.24) is 19.5 Å². The summed E-state index contributed by atoms with van der Waals surface area (Å²) in [6.45, 7) is 1.21. The molecule has 144 valence electrons. The summed E-state index contributed by atoms with van der Waals surface area (Å²) in [5.74, 6) is 1.47. The van der Waals surface area contributed by atoms with Crippen LogP contribution >= 0.6 is 0 Å². The minimum absolute atomic E-state index is 0.271. The van der Waals surface area contributed by atoms with Crippen LogP contribution in [0.3, 0.4) is 0 Å². The van der Waals surface area contributed by atoms with Gasteiger partial charge in [0, 0.05) is 49.4 Å². The Bertz CT molecular complexity index is 951. The van der Waals surface area contributed by atoms with Gasteiger partial charge in [0.25, 0.3) is 0 Å². The zero-order valence-electron chi connectivity index (χ0n) is 15.5. The fourth-order valence-electron chi connectivity index (χ4n) is 3.06. The van der Waals surface area contributed by atoms with Crippen molar-refractivity contribution in [1.29, 1.82) is 0 Å². The number of aromatic nitrogens is 4. The lowest BCUT2D eigenvalue weighted by Gasteiger charge is -2.13. The predicted octanol–water partition coefficient (Wildman–Crippen LogP) is 2.63. The second kappa shape index (κ2) is 8.08. The second-order valence-electron chi connectivity index (χ2n) is 6.98. The number of imidazole rings is 1. The number of carbonyl (C=O) groups is 1. The molecule has 8 heteroatoms. The summed E-state index contributed by atoms with van der Waals surface area (Å²) >= 11 is 0. The molecule has 0 saturated heterocycles. The molecule has 1 aliphatic carbocycles. The van der Waals surface area contributed by atoms with E-state index in [1.807, 2.05) is 29.1 Å². The van der Waals surface area contributed by atoms with E-state index in [1.165, 1.54) is 0 Å². The van der Waals surface area contributed by atoms with Gasteiger partial charge in [-0.1, -0.05) is 12.1 Å². The number of nitrogens with zero attached hydrogens (tertiary/aromatic N) is 4. The smallest absolute Gasteiger partial charge is 0.229 e. The Hall–Kier alpha value is -3.42. The van der Waals surface area contributed by atoms with Crippen LogP contribution in [0.25, 0.3) is 0 Å². The lowest BCUT2D eigenvalue weighted by Crippen LogP contribution is -2.17. The summed E-state index contributed by atoms with van der Waals surface area (Å²) in [7, 11) is 0. The summed E-state index contributed by atoms with van der Waals surface area (Å²) < 4.78 is 2.01. The number of anilines is 3. The van der Waals surface area contributed by atoms with E-state index in [0.29, 0.717) is 18.4 Å². The number of hydrogen-bond acceptors (Lipinski definition) is 6. The van der Waals surface area contributed by atoms with E-state index < -0.39 is 0 Å². The molecule has 4 rings (SSSR count). The summed E-state index contributed by atoms with van der Waals surface area (Å²) in [6.07, 6.45) is 9.94. The lowest BCUT2D eigenvalue weighted by molar-refractivity contribution is -0.117. The van der Waals surface area contributed by atoms with Crippen LogP contribution in [0.2, 0.25) is 0 Å². The van der Waals surface area contributed by atoms with Crippen LogP contribution in [-0.2, 0) is 11.3 Å². The van der Waals surface area contributed by atoms with Gasteiger partial charge in [-0.05, 0) is 36.5 Å². The van der Waals surface area contributed by atoms with Crippen molar-refractivity contribution >= 4 is 23.4 Å². The molecule has 1 amide bonds. The Morgan fingerprint density at radius 3 is 2.96 bits per heavy atom.